The lowest BCUT2D eigenvalue weighted by molar-refractivity contribution is 0.250. The molecule has 0 spiro atoms. The molecule has 0 bridgehead atoms. The molecule has 2 N–H and O–H groups in total. The zero-order chi connectivity index (χ0) is 10.9. The smallest absolute Gasteiger partial charge is 0.161 e. The van der Waals surface area contributed by atoms with Crippen LogP contribution < -0.4 is 4.74 Å². The van der Waals surface area contributed by atoms with Gasteiger partial charge in [-0.2, -0.15) is 0 Å². The quantitative estimate of drug-likeness (QED) is 0.793. The molecule has 3 nitrogen and oxygen atoms in total. The predicted molar refractivity (Wildman–Crippen MR) is 57.3 cm³/mol. The van der Waals surface area contributed by atoms with Crippen LogP contribution in [0, 0.1) is 0 Å². The Morgan fingerprint density at radius 1 is 1.40 bits per heavy atom. The highest BCUT2D eigenvalue weighted by Crippen LogP contribution is 2.52. The monoisotopic (exact) mass is 208 g/mol. The number of ether oxygens (including phenoxy) is 1. The Bertz CT molecular complexity index is 356. The number of rotatable bonds is 4. The largest absolute Gasteiger partial charge is 0.504 e. The van der Waals surface area contributed by atoms with E-state index in [1.54, 1.807) is 6.07 Å². The first kappa shape index (κ1) is 10.3. The highest BCUT2D eigenvalue weighted by atomic mass is 16.5. The van der Waals surface area contributed by atoms with Crippen LogP contribution in [0.15, 0.2) is 18.2 Å². The van der Waals surface area contributed by atoms with Crippen molar-refractivity contribution in [2.75, 3.05) is 13.2 Å². The maximum Gasteiger partial charge on any atom is 0.161 e. The fourth-order valence-corrected chi connectivity index (χ4v) is 1.89. The van der Waals surface area contributed by atoms with E-state index in [-0.39, 0.29) is 17.8 Å². The molecule has 0 radical (unpaired) electrons. The normalized spacial score (nSPS) is 17.5. The molecule has 3 heteroatoms. The molecule has 0 aromatic heterocycles. The van der Waals surface area contributed by atoms with Crippen LogP contribution in [-0.4, -0.2) is 23.4 Å². The first-order chi connectivity index (χ1) is 7.23. The number of phenolic OH excluding ortho intramolecular Hbond substituents is 1. The number of aromatic hydroxyl groups is 1. The molecular formula is C12H16O3. The summed E-state index contributed by atoms with van der Waals surface area (Å²) in [5.41, 5.74) is 0.605. The predicted octanol–water partition coefficient (Wildman–Crippen LogP) is 1.81. The van der Waals surface area contributed by atoms with Crippen LogP contribution in [0.2, 0.25) is 0 Å². The summed E-state index contributed by atoms with van der Waals surface area (Å²) in [6.45, 7) is 2.50. The summed E-state index contributed by atoms with van der Waals surface area (Å²) >= 11 is 0. The Morgan fingerprint density at radius 3 is 2.67 bits per heavy atom. The van der Waals surface area contributed by atoms with Gasteiger partial charge in [0.1, 0.15) is 0 Å². The fraction of sp³-hybridized carbons (Fsp3) is 0.500. The molecule has 0 saturated heterocycles. The number of aliphatic hydroxyl groups excluding tert-OH is 1. The molecule has 15 heavy (non-hydrogen) atoms. The Kier molecular flexibility index (Phi) is 2.57. The first-order valence-corrected chi connectivity index (χ1v) is 5.29. The highest BCUT2D eigenvalue weighted by Gasteiger charge is 2.45. The van der Waals surface area contributed by atoms with Gasteiger partial charge in [0.05, 0.1) is 13.2 Å². The zero-order valence-corrected chi connectivity index (χ0v) is 8.86. The van der Waals surface area contributed by atoms with Crippen molar-refractivity contribution in [3.8, 4) is 11.5 Å². The molecule has 0 aliphatic heterocycles. The molecular weight excluding hydrogens is 192 g/mol. The van der Waals surface area contributed by atoms with E-state index in [4.69, 9.17) is 4.74 Å². The standard InChI is InChI=1S/C12H16O3/c1-2-15-10-5-3-4-9(11(10)14)12(8-13)6-7-12/h3-5,13-14H,2,6-8H2,1H3. The summed E-state index contributed by atoms with van der Waals surface area (Å²) in [6, 6.07) is 5.46. The van der Waals surface area contributed by atoms with Crippen LogP contribution in [0.3, 0.4) is 0 Å². The minimum Gasteiger partial charge on any atom is -0.504 e. The van der Waals surface area contributed by atoms with Crippen molar-refractivity contribution in [1.82, 2.24) is 0 Å². The molecule has 0 amide bonds. The first-order valence-electron chi connectivity index (χ1n) is 5.29. The van der Waals surface area contributed by atoms with Gasteiger partial charge in [0.15, 0.2) is 11.5 Å². The molecule has 1 fully saturated rings. The van der Waals surface area contributed by atoms with Gasteiger partial charge in [-0.3, -0.25) is 0 Å². The molecule has 1 aliphatic rings. The number of aliphatic hydroxyl groups is 1. The number of para-hydroxylation sites is 1. The van der Waals surface area contributed by atoms with Gasteiger partial charge in [0.2, 0.25) is 0 Å². The van der Waals surface area contributed by atoms with Gasteiger partial charge in [-0.1, -0.05) is 12.1 Å². The Hall–Kier alpha value is -1.22. The van der Waals surface area contributed by atoms with Crippen molar-refractivity contribution in [3.63, 3.8) is 0 Å². The van der Waals surface area contributed by atoms with Crippen LogP contribution in [0.5, 0.6) is 11.5 Å². The molecule has 1 aromatic carbocycles. The minimum atomic E-state index is -0.211. The summed E-state index contributed by atoms with van der Waals surface area (Å²) < 4.78 is 5.31. The van der Waals surface area contributed by atoms with Crippen LogP contribution in [0.1, 0.15) is 25.3 Å². The minimum absolute atomic E-state index is 0.0934. The molecule has 1 saturated carbocycles. The number of phenols is 1. The average Bonchev–Trinajstić information content (AvgIpc) is 3.02. The molecule has 1 aliphatic carbocycles. The van der Waals surface area contributed by atoms with E-state index in [1.165, 1.54) is 0 Å². The van der Waals surface area contributed by atoms with Crippen molar-refractivity contribution in [3.05, 3.63) is 23.8 Å². The second kappa shape index (κ2) is 3.74. The third-order valence-corrected chi connectivity index (χ3v) is 3.03. The van der Waals surface area contributed by atoms with Gasteiger partial charge < -0.3 is 14.9 Å². The van der Waals surface area contributed by atoms with Crippen molar-refractivity contribution >= 4 is 0 Å². The molecule has 2 rings (SSSR count). The molecule has 1 aromatic rings. The Balaban J connectivity index is 2.36. The van der Waals surface area contributed by atoms with Crippen LogP contribution in [0.4, 0.5) is 0 Å². The number of hydrogen-bond acceptors (Lipinski definition) is 3. The van der Waals surface area contributed by atoms with Crippen LogP contribution in [-0.2, 0) is 5.41 Å². The summed E-state index contributed by atoms with van der Waals surface area (Å²) in [7, 11) is 0. The fourth-order valence-electron chi connectivity index (χ4n) is 1.89. The summed E-state index contributed by atoms with van der Waals surface area (Å²) in [6.07, 6.45) is 1.87. The van der Waals surface area contributed by atoms with E-state index in [0.29, 0.717) is 12.4 Å². The van der Waals surface area contributed by atoms with Crippen LogP contribution >= 0.6 is 0 Å². The van der Waals surface area contributed by atoms with Crippen molar-refractivity contribution in [2.24, 2.45) is 0 Å². The number of benzene rings is 1. The van der Waals surface area contributed by atoms with Gasteiger partial charge >= 0.3 is 0 Å². The Morgan fingerprint density at radius 2 is 2.13 bits per heavy atom. The van der Waals surface area contributed by atoms with E-state index in [2.05, 4.69) is 0 Å². The third-order valence-electron chi connectivity index (χ3n) is 3.03. The van der Waals surface area contributed by atoms with Crippen molar-refractivity contribution < 1.29 is 14.9 Å². The van der Waals surface area contributed by atoms with E-state index in [1.807, 2.05) is 19.1 Å². The topological polar surface area (TPSA) is 49.7 Å². The van der Waals surface area contributed by atoms with Gasteiger partial charge in [-0.05, 0) is 25.8 Å². The summed E-state index contributed by atoms with van der Waals surface area (Å²) in [5, 5.41) is 19.3. The maximum atomic E-state index is 9.99. The lowest BCUT2D eigenvalue weighted by Gasteiger charge is -2.16. The summed E-state index contributed by atoms with van der Waals surface area (Å²) in [5.74, 6) is 0.695. The third kappa shape index (κ3) is 1.67. The lowest BCUT2D eigenvalue weighted by atomic mass is 9.96. The molecule has 82 valence electrons. The number of hydrogen-bond donors (Lipinski definition) is 2. The molecule has 0 unspecified atom stereocenters. The van der Waals surface area contributed by atoms with E-state index in [0.717, 1.165) is 18.4 Å². The van der Waals surface area contributed by atoms with E-state index < -0.39 is 0 Å². The van der Waals surface area contributed by atoms with Gasteiger partial charge in [-0.25, -0.2) is 0 Å². The van der Waals surface area contributed by atoms with Gasteiger partial charge in [-0.15, -0.1) is 0 Å². The van der Waals surface area contributed by atoms with Crippen molar-refractivity contribution in [2.45, 2.75) is 25.2 Å². The second-order valence-electron chi connectivity index (χ2n) is 4.02. The molecule has 0 heterocycles. The van der Waals surface area contributed by atoms with Gasteiger partial charge in [0, 0.05) is 11.0 Å². The van der Waals surface area contributed by atoms with E-state index >= 15 is 0 Å². The average molecular weight is 208 g/mol. The lowest BCUT2D eigenvalue weighted by Crippen LogP contribution is -2.12. The van der Waals surface area contributed by atoms with Crippen molar-refractivity contribution in [1.29, 1.82) is 0 Å². The SMILES string of the molecule is CCOc1cccc(C2(CO)CC2)c1O. The van der Waals surface area contributed by atoms with Crippen LogP contribution in [0.25, 0.3) is 0 Å². The highest BCUT2D eigenvalue weighted by molar-refractivity contribution is 5.51. The summed E-state index contributed by atoms with van der Waals surface area (Å²) in [4.78, 5) is 0. The molecule has 0 atom stereocenters. The zero-order valence-electron chi connectivity index (χ0n) is 8.86. The maximum absolute atomic E-state index is 9.99. The Labute approximate surface area is 89.3 Å². The second-order valence-corrected chi connectivity index (χ2v) is 4.02. The van der Waals surface area contributed by atoms with Gasteiger partial charge in [0.25, 0.3) is 0 Å². The van der Waals surface area contributed by atoms with E-state index in [9.17, 15) is 10.2 Å².